The van der Waals surface area contributed by atoms with Crippen molar-refractivity contribution in [1.29, 1.82) is 0 Å². The van der Waals surface area contributed by atoms with Gasteiger partial charge in [0.25, 0.3) is 0 Å². The lowest BCUT2D eigenvalue weighted by molar-refractivity contribution is -0.161. The molecule has 8 atom stereocenters. The molecule has 0 aromatic rings. The Bertz CT molecular complexity index is 1690. The van der Waals surface area contributed by atoms with Gasteiger partial charge in [0.15, 0.2) is 12.2 Å². The molecule has 0 radical (unpaired) electrons. The third-order valence-corrected chi connectivity index (χ3v) is 18.1. The summed E-state index contributed by atoms with van der Waals surface area (Å²) >= 11 is 0. The maximum Gasteiger partial charge on any atom is 0.472 e. The van der Waals surface area contributed by atoms with Crippen LogP contribution in [-0.2, 0) is 65.4 Å². The lowest BCUT2D eigenvalue weighted by Gasteiger charge is -2.21. The fourth-order valence-electron chi connectivity index (χ4n) is 9.74. The summed E-state index contributed by atoms with van der Waals surface area (Å²) in [4.78, 5) is 72.3. The van der Waals surface area contributed by atoms with Gasteiger partial charge in [0.1, 0.15) is 19.3 Å². The average Bonchev–Trinajstić information content (AvgIpc) is 3.51. The van der Waals surface area contributed by atoms with Crippen molar-refractivity contribution in [3.8, 4) is 0 Å². The summed E-state index contributed by atoms with van der Waals surface area (Å²) in [6.45, 7) is 11.8. The zero-order valence-electron chi connectivity index (χ0n) is 55.1. The Balaban J connectivity index is 5.26. The first-order chi connectivity index (χ1) is 40.8. The van der Waals surface area contributed by atoms with Crippen molar-refractivity contribution in [2.75, 3.05) is 39.6 Å². The van der Waals surface area contributed by atoms with E-state index in [9.17, 15) is 43.2 Å². The summed E-state index contributed by atoms with van der Waals surface area (Å²) in [5, 5.41) is 10.5. The molecule has 3 N–H and O–H groups in total. The van der Waals surface area contributed by atoms with Crippen molar-refractivity contribution >= 4 is 39.5 Å². The Morgan fingerprint density at radius 2 is 0.565 bits per heavy atom. The molecular formula is C66H128O17P2. The molecule has 0 aromatic carbocycles. The van der Waals surface area contributed by atoms with Gasteiger partial charge in [-0.3, -0.25) is 37.3 Å². The predicted molar refractivity (Wildman–Crippen MR) is 340 cm³/mol. The minimum Gasteiger partial charge on any atom is -0.462 e. The standard InChI is InChI=1S/C66H128O17P2/c1-8-12-13-14-15-18-25-33-40-47-63(68)76-54-62(83-66(71)50-43-36-29-28-32-39-46-59(7)11-4)56-81-85(74,75)79-52-60(67)51-78-84(72,73)80-55-61(53-77-64(69)48-41-34-26-22-21-24-31-38-45-58(6)10-3)82-65(70)49-42-35-27-20-17-16-19-23-30-37-44-57(5)9-2/h57-62,67H,8-56H2,1-7H3,(H,72,73)(H,74,75)/t57?,58?,59?,60-,61-,62-/m1/s1. The molecule has 0 aliphatic carbocycles. The van der Waals surface area contributed by atoms with E-state index < -0.39 is 97.5 Å². The number of hydrogen-bond donors (Lipinski definition) is 3. The molecule has 0 aliphatic rings. The monoisotopic (exact) mass is 1250 g/mol. The van der Waals surface area contributed by atoms with Crippen molar-refractivity contribution < 1.29 is 80.2 Å². The number of phosphoric ester groups is 2. The van der Waals surface area contributed by atoms with E-state index in [-0.39, 0.29) is 25.7 Å². The van der Waals surface area contributed by atoms with Crippen LogP contribution in [0.3, 0.4) is 0 Å². The summed E-state index contributed by atoms with van der Waals surface area (Å²) in [5.74, 6) is 0.165. The van der Waals surface area contributed by atoms with Crippen molar-refractivity contribution in [1.82, 2.24) is 0 Å². The molecule has 0 rings (SSSR count). The van der Waals surface area contributed by atoms with Crippen LogP contribution in [0.25, 0.3) is 0 Å². The Labute approximate surface area is 517 Å². The molecule has 19 heteroatoms. The number of rotatable bonds is 64. The molecule has 504 valence electrons. The normalized spacial score (nSPS) is 15.3. The first-order valence-electron chi connectivity index (χ1n) is 34.5. The van der Waals surface area contributed by atoms with Gasteiger partial charge in [-0.05, 0) is 43.4 Å². The van der Waals surface area contributed by atoms with E-state index in [1.807, 2.05) is 0 Å². The van der Waals surface area contributed by atoms with Gasteiger partial charge < -0.3 is 33.8 Å². The molecular weight excluding hydrogens is 1130 g/mol. The molecule has 0 heterocycles. The fourth-order valence-corrected chi connectivity index (χ4v) is 11.3. The highest BCUT2D eigenvalue weighted by Crippen LogP contribution is 2.45. The van der Waals surface area contributed by atoms with Crippen LogP contribution >= 0.6 is 15.6 Å². The molecule has 0 amide bonds. The quantitative estimate of drug-likeness (QED) is 0.0222. The number of esters is 4. The summed E-state index contributed by atoms with van der Waals surface area (Å²) in [6, 6.07) is 0. The maximum absolute atomic E-state index is 13.0. The van der Waals surface area contributed by atoms with Crippen LogP contribution in [0.4, 0.5) is 0 Å². The van der Waals surface area contributed by atoms with Crippen LogP contribution in [0.1, 0.15) is 325 Å². The third kappa shape index (κ3) is 57.0. The van der Waals surface area contributed by atoms with Gasteiger partial charge in [-0.1, -0.05) is 273 Å². The molecule has 0 aliphatic heterocycles. The van der Waals surface area contributed by atoms with Gasteiger partial charge in [0.2, 0.25) is 0 Å². The summed E-state index contributed by atoms with van der Waals surface area (Å²) < 4.78 is 68.1. The lowest BCUT2D eigenvalue weighted by atomic mass is 9.99. The van der Waals surface area contributed by atoms with Crippen molar-refractivity contribution in [3.05, 3.63) is 0 Å². The molecule has 0 saturated carbocycles. The van der Waals surface area contributed by atoms with Crippen molar-refractivity contribution in [2.45, 2.75) is 343 Å². The lowest BCUT2D eigenvalue weighted by Crippen LogP contribution is -2.30. The van der Waals surface area contributed by atoms with Gasteiger partial charge in [0, 0.05) is 25.7 Å². The fraction of sp³-hybridized carbons (Fsp3) is 0.939. The minimum absolute atomic E-state index is 0.102. The maximum atomic E-state index is 13.0. The second kappa shape index (κ2) is 57.2. The molecule has 5 unspecified atom stereocenters. The first-order valence-corrected chi connectivity index (χ1v) is 37.5. The Kier molecular flexibility index (Phi) is 55.9. The van der Waals surface area contributed by atoms with Crippen LogP contribution in [0, 0.1) is 17.8 Å². The van der Waals surface area contributed by atoms with E-state index in [0.717, 1.165) is 108 Å². The van der Waals surface area contributed by atoms with Gasteiger partial charge in [-0.15, -0.1) is 0 Å². The molecule has 0 fully saturated rings. The Hall–Kier alpha value is -1.94. The van der Waals surface area contributed by atoms with E-state index in [0.29, 0.717) is 25.7 Å². The average molecular weight is 1260 g/mol. The predicted octanol–water partition coefficient (Wildman–Crippen LogP) is 18.3. The van der Waals surface area contributed by atoms with Gasteiger partial charge >= 0.3 is 39.5 Å². The largest absolute Gasteiger partial charge is 0.472 e. The number of hydrogen-bond acceptors (Lipinski definition) is 15. The van der Waals surface area contributed by atoms with Crippen LogP contribution in [-0.4, -0.2) is 96.7 Å². The SMILES string of the molecule is CCCCCCCCCCCC(=O)OC[C@H](COP(=O)(O)OC[C@H](O)COP(=O)(O)OC[C@@H](COC(=O)CCCCCCCCCCC(C)CC)OC(=O)CCCCCCCCCCCCC(C)CC)OC(=O)CCCCCCCCC(C)CC. The highest BCUT2D eigenvalue weighted by molar-refractivity contribution is 7.47. The molecule has 17 nitrogen and oxygen atoms in total. The number of phosphoric acid groups is 2. The van der Waals surface area contributed by atoms with E-state index >= 15 is 0 Å². The smallest absolute Gasteiger partial charge is 0.462 e. The number of unbranched alkanes of at least 4 members (excludes halogenated alkanes) is 29. The molecule has 0 bridgehead atoms. The second-order valence-corrected chi connectivity index (χ2v) is 27.5. The van der Waals surface area contributed by atoms with Crippen molar-refractivity contribution in [3.63, 3.8) is 0 Å². The molecule has 0 aromatic heterocycles. The van der Waals surface area contributed by atoms with Crippen molar-refractivity contribution in [2.24, 2.45) is 17.8 Å². The van der Waals surface area contributed by atoms with Gasteiger partial charge in [0.05, 0.1) is 26.4 Å². The minimum atomic E-state index is -4.95. The second-order valence-electron chi connectivity index (χ2n) is 24.6. The number of carbonyl (C=O) groups is 4. The van der Waals surface area contributed by atoms with Gasteiger partial charge in [-0.2, -0.15) is 0 Å². The highest BCUT2D eigenvalue weighted by atomic mass is 31.2. The zero-order chi connectivity index (χ0) is 63.1. The van der Waals surface area contributed by atoms with E-state index in [4.69, 9.17) is 37.0 Å². The Morgan fingerprint density at radius 1 is 0.329 bits per heavy atom. The number of aliphatic hydroxyl groups excluding tert-OH is 1. The summed E-state index contributed by atoms with van der Waals surface area (Å²) in [5.41, 5.74) is 0. The van der Waals surface area contributed by atoms with Crippen LogP contribution < -0.4 is 0 Å². The molecule has 0 saturated heterocycles. The molecule has 0 spiro atoms. The van der Waals surface area contributed by atoms with Gasteiger partial charge in [-0.25, -0.2) is 9.13 Å². The number of carbonyl (C=O) groups excluding carboxylic acids is 4. The van der Waals surface area contributed by atoms with Crippen LogP contribution in [0.15, 0.2) is 0 Å². The number of ether oxygens (including phenoxy) is 4. The first kappa shape index (κ1) is 83.1. The number of aliphatic hydroxyl groups is 1. The zero-order valence-corrected chi connectivity index (χ0v) is 56.9. The Morgan fingerprint density at radius 3 is 0.835 bits per heavy atom. The summed E-state index contributed by atoms with van der Waals surface area (Å²) in [7, 11) is -9.89. The van der Waals surface area contributed by atoms with E-state index in [1.165, 1.54) is 135 Å². The highest BCUT2D eigenvalue weighted by Gasteiger charge is 2.30. The summed E-state index contributed by atoms with van der Waals surface area (Å²) in [6.07, 6.45) is 38.8. The van der Waals surface area contributed by atoms with Crippen LogP contribution in [0.5, 0.6) is 0 Å². The van der Waals surface area contributed by atoms with E-state index in [1.54, 1.807) is 0 Å². The topological polar surface area (TPSA) is 237 Å². The molecule has 85 heavy (non-hydrogen) atoms. The van der Waals surface area contributed by atoms with E-state index in [2.05, 4.69) is 48.5 Å². The van der Waals surface area contributed by atoms with Crippen LogP contribution in [0.2, 0.25) is 0 Å². The third-order valence-electron chi connectivity index (χ3n) is 16.2.